The quantitative estimate of drug-likeness (QED) is 0.899. The number of nitrogens with one attached hydrogen (secondary N) is 1. The molecule has 0 aliphatic heterocycles. The minimum absolute atomic E-state index is 0.312. The van der Waals surface area contributed by atoms with Gasteiger partial charge in [0.25, 0.3) is 0 Å². The first-order valence-corrected chi connectivity index (χ1v) is 7.38. The lowest BCUT2D eigenvalue weighted by atomic mass is 10.00. The summed E-state index contributed by atoms with van der Waals surface area (Å²) in [6, 6.07) is 13.0. The van der Waals surface area contributed by atoms with Crippen LogP contribution >= 0.6 is 15.9 Å². The smallest absolute Gasteiger partial charge is 0.0376 e. The van der Waals surface area contributed by atoms with Crippen LogP contribution in [0.25, 0.3) is 0 Å². The second kappa shape index (κ2) is 6.83. The summed E-state index contributed by atoms with van der Waals surface area (Å²) in [6.07, 6.45) is 2.94. The van der Waals surface area contributed by atoms with Gasteiger partial charge >= 0.3 is 0 Å². The maximum Gasteiger partial charge on any atom is 0.0376 e. The van der Waals surface area contributed by atoms with E-state index in [2.05, 4.69) is 69.6 Å². The SMILES string of the molecule is CCNC(Cc1cccc(Br)c1)c1ccc(C)nc1. The van der Waals surface area contributed by atoms with Crippen LogP contribution in [0.4, 0.5) is 0 Å². The third kappa shape index (κ3) is 4.15. The van der Waals surface area contributed by atoms with Crippen LogP contribution in [0.1, 0.15) is 29.8 Å². The molecular weight excluding hydrogens is 300 g/mol. The fraction of sp³-hybridized carbons (Fsp3) is 0.312. The van der Waals surface area contributed by atoms with Crippen molar-refractivity contribution in [2.75, 3.05) is 6.54 Å². The zero-order valence-electron chi connectivity index (χ0n) is 11.4. The minimum Gasteiger partial charge on any atom is -0.310 e. The molecule has 1 atom stereocenters. The molecule has 2 rings (SSSR count). The molecule has 0 amide bonds. The molecule has 3 heteroatoms. The van der Waals surface area contributed by atoms with Crippen molar-refractivity contribution >= 4 is 15.9 Å². The highest BCUT2D eigenvalue weighted by Gasteiger charge is 2.11. The van der Waals surface area contributed by atoms with Gasteiger partial charge in [-0.2, -0.15) is 0 Å². The maximum absolute atomic E-state index is 4.39. The Bertz CT molecular complexity index is 523. The lowest BCUT2D eigenvalue weighted by molar-refractivity contribution is 0.548. The van der Waals surface area contributed by atoms with Gasteiger partial charge in [0.2, 0.25) is 0 Å². The molecule has 0 radical (unpaired) electrons. The Kier molecular flexibility index (Phi) is 5.11. The van der Waals surface area contributed by atoms with Crippen LogP contribution in [-0.2, 0) is 6.42 Å². The summed E-state index contributed by atoms with van der Waals surface area (Å²) in [5, 5.41) is 3.53. The molecule has 1 unspecified atom stereocenters. The fourth-order valence-electron chi connectivity index (χ4n) is 2.14. The van der Waals surface area contributed by atoms with Crippen LogP contribution < -0.4 is 5.32 Å². The largest absolute Gasteiger partial charge is 0.310 e. The molecule has 19 heavy (non-hydrogen) atoms. The normalized spacial score (nSPS) is 12.4. The molecule has 1 N–H and O–H groups in total. The Labute approximate surface area is 123 Å². The Hall–Kier alpha value is -1.19. The number of benzene rings is 1. The van der Waals surface area contributed by atoms with Gasteiger partial charge in [0.15, 0.2) is 0 Å². The average molecular weight is 319 g/mol. The Morgan fingerprint density at radius 2 is 2.11 bits per heavy atom. The molecule has 0 aliphatic rings. The van der Waals surface area contributed by atoms with Crippen molar-refractivity contribution in [2.45, 2.75) is 26.3 Å². The van der Waals surface area contributed by atoms with E-state index in [9.17, 15) is 0 Å². The van der Waals surface area contributed by atoms with Crippen molar-refractivity contribution in [3.63, 3.8) is 0 Å². The molecule has 0 saturated heterocycles. The van der Waals surface area contributed by atoms with Crippen molar-refractivity contribution in [2.24, 2.45) is 0 Å². The number of likely N-dealkylation sites (N-methyl/N-ethyl adjacent to an activating group) is 1. The first-order valence-electron chi connectivity index (χ1n) is 6.59. The minimum atomic E-state index is 0.312. The Morgan fingerprint density at radius 1 is 1.26 bits per heavy atom. The van der Waals surface area contributed by atoms with E-state index in [-0.39, 0.29) is 0 Å². The van der Waals surface area contributed by atoms with E-state index < -0.39 is 0 Å². The molecule has 1 heterocycles. The molecule has 100 valence electrons. The summed E-state index contributed by atoms with van der Waals surface area (Å²) < 4.78 is 1.13. The van der Waals surface area contributed by atoms with Gasteiger partial charge in [0.1, 0.15) is 0 Å². The van der Waals surface area contributed by atoms with Crippen LogP contribution in [0, 0.1) is 6.92 Å². The molecule has 0 saturated carbocycles. The highest BCUT2D eigenvalue weighted by atomic mass is 79.9. The van der Waals surface area contributed by atoms with Crippen molar-refractivity contribution in [3.8, 4) is 0 Å². The van der Waals surface area contributed by atoms with E-state index in [0.717, 1.165) is 23.1 Å². The third-order valence-electron chi connectivity index (χ3n) is 3.12. The van der Waals surface area contributed by atoms with Crippen molar-refractivity contribution in [1.29, 1.82) is 0 Å². The standard InChI is InChI=1S/C16H19BrN2/c1-3-18-16(14-8-7-12(2)19-11-14)10-13-5-4-6-15(17)9-13/h4-9,11,16,18H,3,10H2,1-2H3. The Morgan fingerprint density at radius 3 is 2.74 bits per heavy atom. The number of aromatic nitrogens is 1. The molecule has 2 aromatic rings. The third-order valence-corrected chi connectivity index (χ3v) is 3.61. The molecule has 0 fully saturated rings. The van der Waals surface area contributed by atoms with Gasteiger partial charge in [-0.05, 0) is 49.2 Å². The van der Waals surface area contributed by atoms with Crippen molar-refractivity contribution < 1.29 is 0 Å². The van der Waals surface area contributed by atoms with Gasteiger partial charge in [0.05, 0.1) is 0 Å². The number of halogens is 1. The molecule has 2 nitrogen and oxygen atoms in total. The molecule has 1 aromatic heterocycles. The lowest BCUT2D eigenvalue weighted by Gasteiger charge is -2.18. The van der Waals surface area contributed by atoms with Crippen LogP contribution in [0.2, 0.25) is 0 Å². The number of hydrogen-bond donors (Lipinski definition) is 1. The van der Waals surface area contributed by atoms with Gasteiger partial charge in [-0.1, -0.05) is 41.1 Å². The van der Waals surface area contributed by atoms with E-state index in [4.69, 9.17) is 0 Å². The Balaban J connectivity index is 2.18. The monoisotopic (exact) mass is 318 g/mol. The molecule has 0 aliphatic carbocycles. The van der Waals surface area contributed by atoms with Crippen molar-refractivity contribution in [3.05, 3.63) is 63.9 Å². The van der Waals surface area contributed by atoms with Crippen LogP contribution in [0.3, 0.4) is 0 Å². The van der Waals surface area contributed by atoms with Crippen LogP contribution in [-0.4, -0.2) is 11.5 Å². The lowest BCUT2D eigenvalue weighted by Crippen LogP contribution is -2.23. The predicted octanol–water partition coefficient (Wildman–Crippen LogP) is 4.05. The van der Waals surface area contributed by atoms with E-state index in [0.29, 0.717) is 6.04 Å². The topological polar surface area (TPSA) is 24.9 Å². The molecule has 0 spiro atoms. The summed E-state index contributed by atoms with van der Waals surface area (Å²) >= 11 is 3.52. The summed E-state index contributed by atoms with van der Waals surface area (Å²) in [5.41, 5.74) is 3.62. The summed E-state index contributed by atoms with van der Waals surface area (Å²) in [4.78, 5) is 4.39. The number of aryl methyl sites for hydroxylation is 1. The van der Waals surface area contributed by atoms with E-state index in [1.54, 1.807) is 0 Å². The second-order valence-electron chi connectivity index (χ2n) is 4.68. The summed E-state index contributed by atoms with van der Waals surface area (Å²) in [6.45, 7) is 5.10. The molecule has 1 aromatic carbocycles. The van der Waals surface area contributed by atoms with E-state index >= 15 is 0 Å². The second-order valence-corrected chi connectivity index (χ2v) is 5.59. The van der Waals surface area contributed by atoms with Gasteiger partial charge in [-0.3, -0.25) is 4.98 Å². The van der Waals surface area contributed by atoms with Gasteiger partial charge in [-0.15, -0.1) is 0 Å². The first-order chi connectivity index (χ1) is 9.19. The van der Waals surface area contributed by atoms with Crippen molar-refractivity contribution in [1.82, 2.24) is 10.3 Å². The van der Waals surface area contributed by atoms with Gasteiger partial charge < -0.3 is 5.32 Å². The highest BCUT2D eigenvalue weighted by molar-refractivity contribution is 9.10. The number of nitrogens with zero attached hydrogens (tertiary/aromatic N) is 1. The predicted molar refractivity (Wildman–Crippen MR) is 83.2 cm³/mol. The maximum atomic E-state index is 4.39. The first kappa shape index (κ1) is 14.2. The number of pyridine rings is 1. The number of hydrogen-bond acceptors (Lipinski definition) is 2. The van der Waals surface area contributed by atoms with E-state index in [1.807, 2.05) is 13.1 Å². The molecular formula is C16H19BrN2. The van der Waals surface area contributed by atoms with Crippen LogP contribution in [0.5, 0.6) is 0 Å². The summed E-state index contributed by atoms with van der Waals surface area (Å²) in [7, 11) is 0. The van der Waals surface area contributed by atoms with Gasteiger partial charge in [0, 0.05) is 22.4 Å². The molecule has 0 bridgehead atoms. The van der Waals surface area contributed by atoms with Gasteiger partial charge in [-0.25, -0.2) is 0 Å². The van der Waals surface area contributed by atoms with Crippen LogP contribution in [0.15, 0.2) is 47.1 Å². The zero-order valence-corrected chi connectivity index (χ0v) is 12.9. The zero-order chi connectivity index (χ0) is 13.7. The average Bonchev–Trinajstić information content (AvgIpc) is 2.39. The summed E-state index contributed by atoms with van der Waals surface area (Å²) in [5.74, 6) is 0. The number of rotatable bonds is 5. The fourth-order valence-corrected chi connectivity index (χ4v) is 2.59. The van der Waals surface area contributed by atoms with E-state index in [1.165, 1.54) is 11.1 Å². The highest BCUT2D eigenvalue weighted by Crippen LogP contribution is 2.20.